The summed E-state index contributed by atoms with van der Waals surface area (Å²) in [6, 6.07) is 18.5. The summed E-state index contributed by atoms with van der Waals surface area (Å²) in [5.74, 6) is -0.0617. The standard InChI is InChI=1S/C29H35N3O4S/c1-21-10-7-8-18-31(21)19-9-17-30-29(33)25-20-32(26-14-6-5-11-22(25)26)37(34,35)28-16-15-27(36-2)23-12-3-4-13-24(23)28/h3-6,11-16,21,25H,7-10,17-20H2,1-2H3,(H,30,33). The van der Waals surface area contributed by atoms with Gasteiger partial charge in [0.2, 0.25) is 5.91 Å². The Hall–Kier alpha value is -3.10. The van der Waals surface area contributed by atoms with Gasteiger partial charge in [0.05, 0.1) is 30.2 Å². The van der Waals surface area contributed by atoms with E-state index in [-0.39, 0.29) is 17.3 Å². The summed E-state index contributed by atoms with van der Waals surface area (Å²) in [5, 5.41) is 4.40. The maximum Gasteiger partial charge on any atom is 0.264 e. The Balaban J connectivity index is 1.35. The molecular formula is C29H35N3O4S. The third kappa shape index (κ3) is 4.92. The van der Waals surface area contributed by atoms with E-state index in [1.807, 2.05) is 36.4 Å². The lowest BCUT2D eigenvalue weighted by atomic mass is 10.0. The van der Waals surface area contributed by atoms with Gasteiger partial charge in [0.15, 0.2) is 0 Å². The third-order valence-corrected chi connectivity index (χ3v) is 9.58. The Morgan fingerprint density at radius 1 is 1.03 bits per heavy atom. The molecule has 3 aromatic carbocycles. The quantitative estimate of drug-likeness (QED) is 0.441. The highest BCUT2D eigenvalue weighted by Crippen LogP contribution is 2.41. The van der Waals surface area contributed by atoms with Crippen molar-refractivity contribution < 1.29 is 17.9 Å². The van der Waals surface area contributed by atoms with Gasteiger partial charge in [0.1, 0.15) is 5.75 Å². The average Bonchev–Trinajstić information content (AvgIpc) is 3.32. The maximum absolute atomic E-state index is 14.0. The van der Waals surface area contributed by atoms with E-state index in [0.29, 0.717) is 29.4 Å². The molecule has 2 aliphatic rings. The van der Waals surface area contributed by atoms with Gasteiger partial charge in [0, 0.05) is 29.9 Å². The fourth-order valence-electron chi connectivity index (χ4n) is 5.70. The smallest absolute Gasteiger partial charge is 0.264 e. The number of nitrogens with one attached hydrogen (secondary N) is 1. The molecule has 7 nitrogen and oxygen atoms in total. The lowest BCUT2D eigenvalue weighted by molar-refractivity contribution is -0.122. The number of ether oxygens (including phenoxy) is 1. The number of hydrogen-bond donors (Lipinski definition) is 1. The number of carbonyl (C=O) groups excluding carboxylic acids is 1. The van der Waals surface area contributed by atoms with Crippen LogP contribution < -0.4 is 14.4 Å². The molecule has 2 aliphatic heterocycles. The molecule has 1 N–H and O–H groups in total. The van der Waals surface area contributed by atoms with Gasteiger partial charge < -0.3 is 15.0 Å². The highest BCUT2D eigenvalue weighted by atomic mass is 32.2. The number of nitrogens with zero attached hydrogens (tertiary/aromatic N) is 2. The van der Waals surface area contributed by atoms with Crippen LogP contribution in [-0.2, 0) is 14.8 Å². The Morgan fingerprint density at radius 2 is 1.78 bits per heavy atom. The number of benzene rings is 3. The number of amides is 1. The van der Waals surface area contributed by atoms with Gasteiger partial charge in [-0.1, -0.05) is 48.9 Å². The molecular weight excluding hydrogens is 486 g/mol. The molecule has 5 rings (SSSR count). The third-order valence-electron chi connectivity index (χ3n) is 7.74. The van der Waals surface area contributed by atoms with E-state index in [0.717, 1.165) is 30.5 Å². The lowest BCUT2D eigenvalue weighted by Crippen LogP contribution is -2.40. The zero-order valence-electron chi connectivity index (χ0n) is 21.5. The number of para-hydroxylation sites is 1. The van der Waals surface area contributed by atoms with Gasteiger partial charge in [-0.05, 0) is 56.5 Å². The number of anilines is 1. The summed E-state index contributed by atoms with van der Waals surface area (Å²) in [7, 11) is -2.35. The van der Waals surface area contributed by atoms with E-state index in [1.54, 1.807) is 31.4 Å². The van der Waals surface area contributed by atoms with Crippen molar-refractivity contribution >= 4 is 32.4 Å². The van der Waals surface area contributed by atoms with Gasteiger partial charge in [-0.3, -0.25) is 9.10 Å². The van der Waals surface area contributed by atoms with Crippen LogP contribution in [0.25, 0.3) is 10.8 Å². The van der Waals surface area contributed by atoms with Crippen molar-refractivity contribution in [1.29, 1.82) is 0 Å². The van der Waals surface area contributed by atoms with E-state index in [4.69, 9.17) is 4.74 Å². The molecule has 8 heteroatoms. The second kappa shape index (κ2) is 10.7. The molecule has 0 bridgehead atoms. The maximum atomic E-state index is 14.0. The van der Waals surface area contributed by atoms with Crippen molar-refractivity contribution in [3.05, 3.63) is 66.2 Å². The largest absolute Gasteiger partial charge is 0.496 e. The summed E-state index contributed by atoms with van der Waals surface area (Å²) in [6.07, 6.45) is 4.65. The van der Waals surface area contributed by atoms with Crippen molar-refractivity contribution in [2.45, 2.75) is 49.5 Å². The molecule has 3 aromatic rings. The Kier molecular flexibility index (Phi) is 7.40. The fourth-order valence-corrected chi connectivity index (χ4v) is 7.40. The first kappa shape index (κ1) is 25.5. The minimum Gasteiger partial charge on any atom is -0.496 e. The second-order valence-corrected chi connectivity index (χ2v) is 11.8. The fraction of sp³-hybridized carbons (Fsp3) is 0.414. The monoisotopic (exact) mass is 521 g/mol. The Morgan fingerprint density at radius 3 is 2.57 bits per heavy atom. The van der Waals surface area contributed by atoms with Crippen molar-refractivity contribution in [1.82, 2.24) is 10.2 Å². The summed E-state index contributed by atoms with van der Waals surface area (Å²) in [4.78, 5) is 16.0. The molecule has 2 heterocycles. The van der Waals surface area contributed by atoms with Crippen LogP contribution in [-0.4, -0.2) is 58.6 Å². The molecule has 0 aliphatic carbocycles. The molecule has 0 spiro atoms. The molecule has 1 amide bonds. The summed E-state index contributed by atoms with van der Waals surface area (Å²) in [5.41, 5.74) is 1.30. The summed E-state index contributed by atoms with van der Waals surface area (Å²) >= 11 is 0. The number of fused-ring (bicyclic) bond motifs is 2. The predicted octanol–water partition coefficient (Wildman–Crippen LogP) is 4.52. The molecule has 1 saturated heterocycles. The average molecular weight is 522 g/mol. The van der Waals surface area contributed by atoms with E-state index in [9.17, 15) is 13.2 Å². The number of sulfonamides is 1. The van der Waals surface area contributed by atoms with Crippen LogP contribution >= 0.6 is 0 Å². The van der Waals surface area contributed by atoms with Gasteiger partial charge >= 0.3 is 0 Å². The number of carbonyl (C=O) groups is 1. The number of rotatable bonds is 8. The normalized spacial score (nSPS) is 20.1. The van der Waals surface area contributed by atoms with Gasteiger partial charge in [-0.25, -0.2) is 8.42 Å². The molecule has 1 fully saturated rings. The number of hydrogen-bond acceptors (Lipinski definition) is 5. The molecule has 0 aromatic heterocycles. The molecule has 196 valence electrons. The zero-order chi connectivity index (χ0) is 26.0. The predicted molar refractivity (Wildman–Crippen MR) is 147 cm³/mol. The zero-order valence-corrected chi connectivity index (χ0v) is 22.3. The van der Waals surface area contributed by atoms with Crippen LogP contribution in [0.4, 0.5) is 5.69 Å². The Labute approximate surface area is 219 Å². The minimum atomic E-state index is -3.92. The van der Waals surface area contributed by atoms with Crippen LogP contribution in [0.15, 0.2) is 65.6 Å². The second-order valence-electron chi connectivity index (χ2n) is 9.98. The van der Waals surface area contributed by atoms with Crippen LogP contribution in [0.1, 0.15) is 44.1 Å². The first-order valence-corrected chi connectivity index (χ1v) is 14.5. The molecule has 2 unspecified atom stereocenters. The van der Waals surface area contributed by atoms with Crippen LogP contribution in [0.5, 0.6) is 5.75 Å². The number of methoxy groups -OCH3 is 1. The van der Waals surface area contributed by atoms with Crippen LogP contribution in [0, 0.1) is 0 Å². The lowest BCUT2D eigenvalue weighted by Gasteiger charge is -2.33. The van der Waals surface area contributed by atoms with E-state index in [1.165, 1.54) is 23.6 Å². The number of likely N-dealkylation sites (tertiary alicyclic amines) is 1. The summed E-state index contributed by atoms with van der Waals surface area (Å²) in [6.45, 7) is 5.02. The van der Waals surface area contributed by atoms with Crippen LogP contribution in [0.3, 0.4) is 0 Å². The SMILES string of the molecule is COc1ccc(S(=O)(=O)N2CC(C(=O)NCCCN3CCCCC3C)c3ccccc32)c2ccccc12. The van der Waals surface area contributed by atoms with Crippen molar-refractivity contribution in [2.75, 3.05) is 37.6 Å². The highest BCUT2D eigenvalue weighted by molar-refractivity contribution is 7.93. The van der Waals surface area contributed by atoms with E-state index < -0.39 is 15.9 Å². The topological polar surface area (TPSA) is 79.0 Å². The van der Waals surface area contributed by atoms with Crippen molar-refractivity contribution in [3.8, 4) is 5.75 Å². The van der Waals surface area contributed by atoms with Crippen molar-refractivity contribution in [3.63, 3.8) is 0 Å². The highest BCUT2D eigenvalue weighted by Gasteiger charge is 2.40. The first-order chi connectivity index (χ1) is 17.9. The number of piperidine rings is 1. The van der Waals surface area contributed by atoms with E-state index in [2.05, 4.69) is 17.1 Å². The molecule has 0 radical (unpaired) electrons. The van der Waals surface area contributed by atoms with Gasteiger partial charge in [-0.2, -0.15) is 0 Å². The van der Waals surface area contributed by atoms with Gasteiger partial charge in [0.25, 0.3) is 10.0 Å². The van der Waals surface area contributed by atoms with Gasteiger partial charge in [-0.15, -0.1) is 0 Å². The molecule has 37 heavy (non-hydrogen) atoms. The summed E-state index contributed by atoms with van der Waals surface area (Å²) < 4.78 is 34.8. The van der Waals surface area contributed by atoms with E-state index >= 15 is 0 Å². The first-order valence-electron chi connectivity index (χ1n) is 13.1. The molecule has 2 atom stereocenters. The van der Waals surface area contributed by atoms with Crippen molar-refractivity contribution in [2.24, 2.45) is 0 Å². The molecule has 0 saturated carbocycles. The Bertz CT molecular complexity index is 1390. The van der Waals surface area contributed by atoms with Crippen LogP contribution in [0.2, 0.25) is 0 Å². The minimum absolute atomic E-state index is 0.0804.